The van der Waals surface area contributed by atoms with Crippen LogP contribution < -0.4 is 5.32 Å². The van der Waals surface area contributed by atoms with Crippen LogP contribution in [0.4, 0.5) is 0 Å². The van der Waals surface area contributed by atoms with Crippen molar-refractivity contribution in [2.75, 3.05) is 13.7 Å². The van der Waals surface area contributed by atoms with Crippen LogP contribution in [-0.4, -0.2) is 30.4 Å². The quantitative estimate of drug-likeness (QED) is 0.690. The van der Waals surface area contributed by atoms with Gasteiger partial charge in [-0.05, 0) is 12.1 Å². The predicted octanol–water partition coefficient (Wildman–Crippen LogP) is 2.10. The maximum Gasteiger partial charge on any atom is 0.321 e. The number of hydrogen-bond acceptors (Lipinski definition) is 4. The van der Waals surface area contributed by atoms with Gasteiger partial charge in [0.15, 0.2) is 5.76 Å². The Labute approximate surface area is 118 Å². The molecule has 100 valence electrons. The van der Waals surface area contributed by atoms with Crippen LogP contribution in [0.2, 0.25) is 0 Å². The van der Waals surface area contributed by atoms with E-state index in [4.69, 9.17) is 4.42 Å². The molecule has 0 aliphatic rings. The number of esters is 1. The van der Waals surface area contributed by atoms with Crippen LogP contribution in [0.1, 0.15) is 10.6 Å². The SMILES string of the molecule is COC(=O)C(Br)CNC(=O)c1cc2ccccc2o1. The average Bonchev–Trinajstić information content (AvgIpc) is 2.87. The standard InChI is InChI=1S/C13H12BrNO4/c1-18-13(17)9(14)7-15-12(16)11-6-8-4-2-3-5-10(8)19-11/h2-6,9H,7H2,1H3,(H,15,16). The Bertz CT molecular complexity index is 574. The molecule has 1 amide bonds. The van der Waals surface area contributed by atoms with E-state index in [2.05, 4.69) is 26.0 Å². The van der Waals surface area contributed by atoms with Crippen molar-refractivity contribution in [1.82, 2.24) is 5.32 Å². The highest BCUT2D eigenvalue weighted by Crippen LogP contribution is 2.18. The Hall–Kier alpha value is -1.82. The van der Waals surface area contributed by atoms with Gasteiger partial charge in [-0.25, -0.2) is 0 Å². The topological polar surface area (TPSA) is 68.5 Å². The molecule has 1 aromatic carbocycles. The first-order valence-corrected chi connectivity index (χ1v) is 6.52. The second kappa shape index (κ2) is 5.88. The number of ether oxygens (including phenoxy) is 1. The van der Waals surface area contributed by atoms with Crippen molar-refractivity contribution in [3.05, 3.63) is 36.1 Å². The van der Waals surface area contributed by atoms with Crippen molar-refractivity contribution in [3.63, 3.8) is 0 Å². The molecule has 0 bridgehead atoms. The number of carbonyl (C=O) groups is 2. The number of rotatable bonds is 4. The fourth-order valence-corrected chi connectivity index (χ4v) is 1.92. The number of amides is 1. The molecule has 0 fully saturated rings. The minimum absolute atomic E-state index is 0.128. The number of carbonyl (C=O) groups excluding carboxylic acids is 2. The van der Waals surface area contributed by atoms with Gasteiger partial charge in [0.2, 0.25) is 0 Å². The Morgan fingerprint density at radius 1 is 1.42 bits per heavy atom. The largest absolute Gasteiger partial charge is 0.468 e. The predicted molar refractivity (Wildman–Crippen MR) is 73.3 cm³/mol. The molecule has 19 heavy (non-hydrogen) atoms. The van der Waals surface area contributed by atoms with Crippen LogP contribution in [0.3, 0.4) is 0 Å². The first kappa shape index (κ1) is 13.6. The van der Waals surface area contributed by atoms with Crippen molar-refractivity contribution < 1.29 is 18.7 Å². The molecule has 0 spiro atoms. The highest BCUT2D eigenvalue weighted by molar-refractivity contribution is 9.10. The number of methoxy groups -OCH3 is 1. The number of furan rings is 1. The molecule has 1 N–H and O–H groups in total. The number of para-hydroxylation sites is 1. The molecule has 1 heterocycles. The minimum Gasteiger partial charge on any atom is -0.468 e. The summed E-state index contributed by atoms with van der Waals surface area (Å²) in [5.74, 6) is -0.597. The van der Waals surface area contributed by atoms with Gasteiger partial charge in [-0.2, -0.15) is 0 Å². The van der Waals surface area contributed by atoms with E-state index in [0.717, 1.165) is 5.39 Å². The molecule has 0 aliphatic carbocycles. The van der Waals surface area contributed by atoms with Gasteiger partial charge in [-0.3, -0.25) is 9.59 Å². The Morgan fingerprint density at radius 3 is 2.84 bits per heavy atom. The van der Waals surface area contributed by atoms with E-state index in [0.29, 0.717) is 5.58 Å². The maximum absolute atomic E-state index is 11.9. The summed E-state index contributed by atoms with van der Waals surface area (Å²) in [6.45, 7) is 0.128. The van der Waals surface area contributed by atoms with Gasteiger partial charge in [0.1, 0.15) is 10.4 Å². The van der Waals surface area contributed by atoms with E-state index < -0.39 is 10.8 Å². The number of hydrogen-bond donors (Lipinski definition) is 1. The van der Waals surface area contributed by atoms with Gasteiger partial charge in [0, 0.05) is 11.9 Å². The van der Waals surface area contributed by atoms with Crippen LogP contribution in [0.25, 0.3) is 11.0 Å². The Kier molecular flexibility index (Phi) is 4.21. The second-order valence-corrected chi connectivity index (χ2v) is 4.95. The minimum atomic E-state index is -0.578. The summed E-state index contributed by atoms with van der Waals surface area (Å²) in [6.07, 6.45) is 0. The molecule has 0 saturated carbocycles. The third kappa shape index (κ3) is 3.14. The molecular formula is C13H12BrNO4. The molecule has 2 aromatic rings. The molecule has 6 heteroatoms. The number of fused-ring (bicyclic) bond motifs is 1. The summed E-state index contributed by atoms with van der Waals surface area (Å²) in [5.41, 5.74) is 0.649. The molecule has 0 aliphatic heterocycles. The van der Waals surface area contributed by atoms with E-state index in [9.17, 15) is 9.59 Å². The summed E-state index contributed by atoms with van der Waals surface area (Å²) < 4.78 is 9.94. The van der Waals surface area contributed by atoms with Gasteiger partial charge in [0.25, 0.3) is 5.91 Å². The highest BCUT2D eigenvalue weighted by atomic mass is 79.9. The first-order chi connectivity index (χ1) is 9.11. The molecule has 0 saturated heterocycles. The number of halogens is 1. The van der Waals surface area contributed by atoms with Gasteiger partial charge in [-0.15, -0.1) is 0 Å². The van der Waals surface area contributed by atoms with Gasteiger partial charge < -0.3 is 14.5 Å². The zero-order chi connectivity index (χ0) is 13.8. The third-order valence-electron chi connectivity index (χ3n) is 2.55. The summed E-state index contributed by atoms with van der Waals surface area (Å²) in [4.78, 5) is 22.4. The van der Waals surface area contributed by atoms with Gasteiger partial charge in [-0.1, -0.05) is 34.1 Å². The second-order valence-electron chi connectivity index (χ2n) is 3.85. The van der Waals surface area contributed by atoms with Crippen molar-refractivity contribution in [1.29, 1.82) is 0 Å². The van der Waals surface area contributed by atoms with E-state index in [1.54, 1.807) is 12.1 Å². The van der Waals surface area contributed by atoms with Crippen LogP contribution in [0.15, 0.2) is 34.7 Å². The first-order valence-electron chi connectivity index (χ1n) is 5.60. The fourth-order valence-electron chi connectivity index (χ4n) is 1.57. The van der Waals surface area contributed by atoms with Crippen LogP contribution in [-0.2, 0) is 9.53 Å². The lowest BCUT2D eigenvalue weighted by Gasteiger charge is -2.07. The lowest BCUT2D eigenvalue weighted by atomic mass is 10.2. The van der Waals surface area contributed by atoms with Crippen LogP contribution in [0.5, 0.6) is 0 Å². The molecule has 1 aromatic heterocycles. The molecule has 0 radical (unpaired) electrons. The summed E-state index contributed by atoms with van der Waals surface area (Å²) in [5, 5.41) is 3.45. The molecule has 2 rings (SSSR count). The molecule has 5 nitrogen and oxygen atoms in total. The van der Waals surface area contributed by atoms with Crippen molar-refractivity contribution in [3.8, 4) is 0 Å². The molecule has 1 atom stereocenters. The fraction of sp³-hybridized carbons (Fsp3) is 0.231. The van der Waals surface area contributed by atoms with Crippen molar-refractivity contribution >= 4 is 38.8 Å². The van der Waals surface area contributed by atoms with E-state index >= 15 is 0 Å². The van der Waals surface area contributed by atoms with Crippen LogP contribution in [0, 0.1) is 0 Å². The number of alkyl halides is 1. The monoisotopic (exact) mass is 325 g/mol. The van der Waals surface area contributed by atoms with Gasteiger partial charge in [0.05, 0.1) is 7.11 Å². The highest BCUT2D eigenvalue weighted by Gasteiger charge is 2.18. The summed E-state index contributed by atoms with van der Waals surface area (Å²) >= 11 is 3.12. The summed E-state index contributed by atoms with van der Waals surface area (Å²) in [7, 11) is 1.29. The zero-order valence-electron chi connectivity index (χ0n) is 10.2. The Balaban J connectivity index is 2.02. The van der Waals surface area contributed by atoms with Crippen molar-refractivity contribution in [2.45, 2.75) is 4.83 Å². The average molecular weight is 326 g/mol. The third-order valence-corrected chi connectivity index (χ3v) is 3.25. The summed E-state index contributed by atoms with van der Waals surface area (Å²) in [6, 6.07) is 9.00. The lowest BCUT2D eigenvalue weighted by molar-refractivity contribution is -0.139. The normalized spacial score (nSPS) is 12.1. The lowest BCUT2D eigenvalue weighted by Crippen LogP contribution is -2.33. The van der Waals surface area contributed by atoms with E-state index in [1.165, 1.54) is 7.11 Å². The number of nitrogens with one attached hydrogen (secondary N) is 1. The maximum atomic E-state index is 11.9. The zero-order valence-corrected chi connectivity index (χ0v) is 11.8. The Morgan fingerprint density at radius 2 is 2.16 bits per heavy atom. The van der Waals surface area contributed by atoms with E-state index in [-0.39, 0.29) is 18.2 Å². The molecular weight excluding hydrogens is 314 g/mol. The smallest absolute Gasteiger partial charge is 0.321 e. The van der Waals surface area contributed by atoms with Crippen LogP contribution >= 0.6 is 15.9 Å². The molecule has 1 unspecified atom stereocenters. The number of benzene rings is 1. The van der Waals surface area contributed by atoms with Crippen molar-refractivity contribution in [2.24, 2.45) is 0 Å². The van der Waals surface area contributed by atoms with Gasteiger partial charge >= 0.3 is 5.97 Å². The van der Waals surface area contributed by atoms with E-state index in [1.807, 2.05) is 18.2 Å².